The largest absolute Gasteiger partial charge is 0.466 e. The quantitative estimate of drug-likeness (QED) is 0.142. The molecule has 0 fully saturated rings. The van der Waals surface area contributed by atoms with Crippen LogP contribution in [0.4, 0.5) is 0 Å². The lowest BCUT2D eigenvalue weighted by atomic mass is 10.1. The summed E-state index contributed by atoms with van der Waals surface area (Å²) < 4.78 is 13.4. The number of ether oxygens (including phenoxy) is 2. The lowest BCUT2D eigenvalue weighted by molar-refractivity contribution is -0.143. The fourth-order valence-electron chi connectivity index (χ4n) is 1.96. The van der Waals surface area contributed by atoms with Gasteiger partial charge in [-0.25, -0.2) is 4.79 Å². The van der Waals surface area contributed by atoms with Crippen molar-refractivity contribution in [2.45, 2.75) is 45.4 Å². The number of esters is 2. The summed E-state index contributed by atoms with van der Waals surface area (Å²) in [5.74, 6) is -0.384. The second-order valence-corrected chi connectivity index (χ2v) is 8.76. The van der Waals surface area contributed by atoms with E-state index in [4.69, 9.17) is 9.47 Å². The highest BCUT2D eigenvalue weighted by molar-refractivity contribution is 14.1. The molecule has 0 aliphatic rings. The molecule has 0 saturated carbocycles. The number of rotatable bonds is 10. The van der Waals surface area contributed by atoms with Crippen molar-refractivity contribution in [1.82, 2.24) is 0 Å². The van der Waals surface area contributed by atoms with Crippen molar-refractivity contribution < 1.29 is 19.1 Å². The van der Waals surface area contributed by atoms with Crippen LogP contribution in [0.1, 0.15) is 55.8 Å². The van der Waals surface area contributed by atoms with Crippen LogP contribution in [0.25, 0.3) is 0 Å². The highest BCUT2D eigenvalue weighted by atomic mass is 127. The predicted octanol–water partition coefficient (Wildman–Crippen LogP) is 5.56. The molecule has 0 aliphatic carbocycles. The Kier molecular flexibility index (Phi) is 11.8. The minimum Gasteiger partial charge on any atom is -0.466 e. The first-order valence-corrected chi connectivity index (χ1v) is 11.2. The van der Waals surface area contributed by atoms with Crippen LogP contribution in [-0.2, 0) is 14.3 Å². The Morgan fingerprint density at radius 1 is 0.958 bits per heavy atom. The van der Waals surface area contributed by atoms with Crippen LogP contribution in [0.2, 0.25) is 0 Å². The molecule has 1 aromatic carbocycles. The molecular formula is C17H21I3O4. The van der Waals surface area contributed by atoms with E-state index in [-0.39, 0.29) is 11.9 Å². The summed E-state index contributed by atoms with van der Waals surface area (Å²) in [5.41, 5.74) is 0.630. The maximum absolute atomic E-state index is 12.2. The van der Waals surface area contributed by atoms with Gasteiger partial charge in [-0.3, -0.25) is 4.79 Å². The Balaban J connectivity index is 2.20. The Morgan fingerprint density at radius 3 is 2.38 bits per heavy atom. The average molecular weight is 670 g/mol. The van der Waals surface area contributed by atoms with E-state index in [1.54, 1.807) is 0 Å². The van der Waals surface area contributed by atoms with E-state index in [1.807, 2.05) is 19.1 Å². The Bertz CT molecular complexity index is 561. The molecule has 0 amide bonds. The number of benzene rings is 1. The van der Waals surface area contributed by atoms with E-state index >= 15 is 0 Å². The molecule has 0 aliphatic heterocycles. The molecule has 0 atom stereocenters. The van der Waals surface area contributed by atoms with Crippen LogP contribution in [0.15, 0.2) is 12.1 Å². The van der Waals surface area contributed by atoms with Crippen LogP contribution in [0.3, 0.4) is 0 Å². The summed E-state index contributed by atoms with van der Waals surface area (Å²) in [6.45, 7) is 2.90. The second kappa shape index (κ2) is 12.7. The van der Waals surface area contributed by atoms with E-state index in [9.17, 15) is 9.59 Å². The van der Waals surface area contributed by atoms with Gasteiger partial charge in [0, 0.05) is 17.1 Å². The molecular weight excluding hydrogens is 649 g/mol. The zero-order valence-corrected chi connectivity index (χ0v) is 20.1. The summed E-state index contributed by atoms with van der Waals surface area (Å²) in [6.07, 6.45) is 4.85. The fourth-order valence-corrected chi connectivity index (χ4v) is 4.34. The van der Waals surface area contributed by atoms with Gasteiger partial charge in [0.05, 0.1) is 18.8 Å². The van der Waals surface area contributed by atoms with Crippen molar-refractivity contribution >= 4 is 79.7 Å². The molecule has 1 rings (SSSR count). The number of carbonyl (C=O) groups excluding carboxylic acids is 2. The molecule has 24 heavy (non-hydrogen) atoms. The van der Waals surface area contributed by atoms with Gasteiger partial charge >= 0.3 is 11.9 Å². The highest BCUT2D eigenvalue weighted by Gasteiger charge is 2.14. The van der Waals surface area contributed by atoms with E-state index in [0.29, 0.717) is 25.2 Å². The number of unbranched alkanes of at least 4 members (excludes halogenated alkanes) is 3. The van der Waals surface area contributed by atoms with Crippen LogP contribution < -0.4 is 0 Å². The third kappa shape index (κ3) is 8.63. The number of halogens is 3. The van der Waals surface area contributed by atoms with Gasteiger partial charge in [-0.15, -0.1) is 0 Å². The molecule has 0 unspecified atom stereocenters. The van der Waals surface area contributed by atoms with Gasteiger partial charge in [0.1, 0.15) is 0 Å². The Morgan fingerprint density at radius 2 is 1.67 bits per heavy atom. The van der Waals surface area contributed by atoms with E-state index in [1.165, 1.54) is 0 Å². The molecule has 0 bridgehead atoms. The lowest BCUT2D eigenvalue weighted by Crippen LogP contribution is -2.09. The van der Waals surface area contributed by atoms with Crippen LogP contribution >= 0.6 is 67.8 Å². The predicted molar refractivity (Wildman–Crippen MR) is 119 cm³/mol. The Labute approximate surface area is 184 Å². The first kappa shape index (κ1) is 22.4. The minimum atomic E-state index is -0.265. The average Bonchev–Trinajstić information content (AvgIpc) is 2.55. The topological polar surface area (TPSA) is 52.6 Å². The molecule has 0 radical (unpaired) electrons. The maximum atomic E-state index is 12.2. The van der Waals surface area contributed by atoms with Crippen molar-refractivity contribution in [3.8, 4) is 0 Å². The molecule has 4 nitrogen and oxygen atoms in total. The monoisotopic (exact) mass is 670 g/mol. The van der Waals surface area contributed by atoms with Gasteiger partial charge in [0.25, 0.3) is 0 Å². The summed E-state index contributed by atoms with van der Waals surface area (Å²) in [5, 5.41) is 0. The highest BCUT2D eigenvalue weighted by Crippen LogP contribution is 2.23. The zero-order valence-electron chi connectivity index (χ0n) is 13.6. The standard InChI is InChI=1S/C17H21I3O4/c1-2-8-23-15(21)7-5-3-4-6-9-24-17(22)13-10-12(18)11-14(19)16(13)20/h10-11H,2-9H2,1H3. The lowest BCUT2D eigenvalue weighted by Gasteiger charge is -2.08. The third-order valence-corrected chi connectivity index (χ3v) is 6.86. The summed E-state index contributed by atoms with van der Waals surface area (Å²) in [4.78, 5) is 23.5. The van der Waals surface area contributed by atoms with Crippen molar-refractivity contribution in [2.24, 2.45) is 0 Å². The first-order valence-electron chi connectivity index (χ1n) is 7.93. The van der Waals surface area contributed by atoms with Crippen LogP contribution in [0.5, 0.6) is 0 Å². The van der Waals surface area contributed by atoms with E-state index in [2.05, 4.69) is 67.8 Å². The normalized spacial score (nSPS) is 10.5. The molecule has 0 heterocycles. The van der Waals surface area contributed by atoms with Crippen molar-refractivity contribution in [1.29, 1.82) is 0 Å². The summed E-state index contributed by atoms with van der Waals surface area (Å²) >= 11 is 6.60. The smallest absolute Gasteiger partial charge is 0.339 e. The molecule has 7 heteroatoms. The van der Waals surface area contributed by atoms with Gasteiger partial charge in [0.15, 0.2) is 0 Å². The first-order chi connectivity index (χ1) is 11.5. The van der Waals surface area contributed by atoms with Crippen molar-refractivity contribution in [3.63, 3.8) is 0 Å². The summed E-state index contributed by atoms with van der Waals surface area (Å²) in [7, 11) is 0. The van der Waals surface area contributed by atoms with E-state index < -0.39 is 0 Å². The van der Waals surface area contributed by atoms with Gasteiger partial charge in [-0.2, -0.15) is 0 Å². The fraction of sp³-hybridized carbons (Fsp3) is 0.529. The molecule has 0 N–H and O–H groups in total. The number of hydrogen-bond donors (Lipinski definition) is 0. The van der Waals surface area contributed by atoms with Gasteiger partial charge < -0.3 is 9.47 Å². The number of carbonyl (C=O) groups is 2. The van der Waals surface area contributed by atoms with Gasteiger partial charge in [0.2, 0.25) is 0 Å². The molecule has 0 aromatic heterocycles. The molecule has 0 saturated heterocycles. The number of hydrogen-bond acceptors (Lipinski definition) is 4. The second-order valence-electron chi connectivity index (χ2n) is 5.27. The zero-order chi connectivity index (χ0) is 17.9. The minimum absolute atomic E-state index is 0.119. The van der Waals surface area contributed by atoms with Crippen molar-refractivity contribution in [2.75, 3.05) is 13.2 Å². The van der Waals surface area contributed by atoms with Crippen LogP contribution in [-0.4, -0.2) is 25.2 Å². The van der Waals surface area contributed by atoms with E-state index in [0.717, 1.165) is 42.8 Å². The van der Waals surface area contributed by atoms with Gasteiger partial charge in [-0.1, -0.05) is 19.8 Å². The maximum Gasteiger partial charge on any atom is 0.339 e. The van der Waals surface area contributed by atoms with Crippen molar-refractivity contribution in [3.05, 3.63) is 28.4 Å². The summed E-state index contributed by atoms with van der Waals surface area (Å²) in [6, 6.07) is 3.89. The molecule has 0 spiro atoms. The Hall–Kier alpha value is 0.350. The third-order valence-electron chi connectivity index (χ3n) is 3.19. The SMILES string of the molecule is CCCOC(=O)CCCCCCOC(=O)c1cc(I)cc(I)c1I. The molecule has 134 valence electrons. The van der Waals surface area contributed by atoms with Gasteiger partial charge in [-0.05, 0) is 99.2 Å². The molecule has 1 aromatic rings. The van der Waals surface area contributed by atoms with Crippen LogP contribution in [0, 0.1) is 10.7 Å².